The highest BCUT2D eigenvalue weighted by molar-refractivity contribution is 6.31. The van der Waals surface area contributed by atoms with Crippen LogP contribution in [0.2, 0.25) is 5.02 Å². The number of H-pyrrole nitrogens is 1. The molecule has 0 bridgehead atoms. The molecular weight excluding hydrogens is 326 g/mol. The number of methoxy groups -OCH3 is 1. The lowest BCUT2D eigenvalue weighted by molar-refractivity contribution is 0.0958. The van der Waals surface area contributed by atoms with E-state index in [0.717, 1.165) is 46.8 Å². The molecule has 2 atom stereocenters. The fourth-order valence-corrected chi connectivity index (χ4v) is 3.73. The molecule has 0 aliphatic carbocycles. The number of aromatic nitrogens is 4. The highest BCUT2D eigenvalue weighted by atomic mass is 35.5. The maximum Gasteiger partial charge on any atom is 0.0894 e. The van der Waals surface area contributed by atoms with Crippen LogP contribution in [0.15, 0.2) is 36.7 Å². The van der Waals surface area contributed by atoms with E-state index in [1.165, 1.54) is 0 Å². The van der Waals surface area contributed by atoms with E-state index in [9.17, 15) is 0 Å². The zero-order chi connectivity index (χ0) is 16.5. The summed E-state index contributed by atoms with van der Waals surface area (Å²) in [6.07, 6.45) is 3.70. The molecule has 0 spiro atoms. The summed E-state index contributed by atoms with van der Waals surface area (Å²) in [4.78, 5) is 6.88. The molecule has 24 heavy (non-hydrogen) atoms. The van der Waals surface area contributed by atoms with Gasteiger partial charge in [-0.2, -0.15) is 15.4 Å². The number of ether oxygens (including phenoxy) is 1. The Labute approximate surface area is 144 Å². The first kappa shape index (κ1) is 15.5. The first-order chi connectivity index (χ1) is 11.7. The smallest absolute Gasteiger partial charge is 0.0894 e. The normalized spacial score (nSPS) is 21.6. The van der Waals surface area contributed by atoms with Crippen molar-refractivity contribution in [1.29, 1.82) is 0 Å². The molecule has 0 saturated carbocycles. The number of benzene rings is 1. The number of pyridine rings is 1. The van der Waals surface area contributed by atoms with Gasteiger partial charge >= 0.3 is 0 Å². The van der Waals surface area contributed by atoms with Crippen LogP contribution in [-0.4, -0.2) is 51.6 Å². The average Bonchev–Trinajstić information content (AvgIpc) is 3.23. The number of hydrogen-bond donors (Lipinski definition) is 1. The Kier molecular flexibility index (Phi) is 4.18. The minimum atomic E-state index is 0.105. The molecule has 1 saturated heterocycles. The summed E-state index contributed by atoms with van der Waals surface area (Å²) in [6, 6.07) is 7.92. The molecule has 0 radical (unpaired) electrons. The summed E-state index contributed by atoms with van der Waals surface area (Å²) in [6.45, 7) is 2.49. The Morgan fingerprint density at radius 1 is 1.38 bits per heavy atom. The first-order valence-electron chi connectivity index (χ1n) is 7.88. The molecule has 0 unspecified atom stereocenters. The second-order valence-corrected chi connectivity index (χ2v) is 6.55. The summed E-state index contributed by atoms with van der Waals surface area (Å²) >= 11 is 6.28. The maximum absolute atomic E-state index is 6.28. The van der Waals surface area contributed by atoms with E-state index in [1.54, 1.807) is 13.3 Å². The van der Waals surface area contributed by atoms with Crippen molar-refractivity contribution in [1.82, 2.24) is 25.3 Å². The van der Waals surface area contributed by atoms with Crippen molar-refractivity contribution in [3.05, 3.63) is 52.9 Å². The number of likely N-dealkylation sites (tertiary alicyclic amines) is 1. The van der Waals surface area contributed by atoms with Gasteiger partial charge in [-0.15, -0.1) is 0 Å². The standard InChI is InChI=1S/C17H18ClN5O/c1-24-16-10-23(9-14(16)15-7-20-22-21-15)8-12-6-13(18)5-11-3-2-4-19-17(11)12/h2-7,14,16H,8-10H2,1H3,(H,20,21,22)/t14-,16+/m0/s1. The van der Waals surface area contributed by atoms with Gasteiger partial charge in [0.15, 0.2) is 0 Å². The number of nitrogens with one attached hydrogen (secondary N) is 1. The SMILES string of the molecule is CO[C@@H]1CN(Cc2cc(Cl)cc3cccnc23)C[C@H]1c1cn[nH]n1. The molecule has 2 aromatic heterocycles. The minimum Gasteiger partial charge on any atom is -0.379 e. The third-order valence-electron chi connectivity index (χ3n) is 4.60. The first-order valence-corrected chi connectivity index (χ1v) is 8.26. The molecular formula is C17H18ClN5O. The van der Waals surface area contributed by atoms with E-state index in [1.807, 2.05) is 30.5 Å². The summed E-state index contributed by atoms with van der Waals surface area (Å²) < 4.78 is 5.66. The average molecular weight is 344 g/mol. The Hall–Kier alpha value is -2.02. The molecule has 1 aliphatic rings. The summed E-state index contributed by atoms with van der Waals surface area (Å²) in [5.41, 5.74) is 3.08. The predicted octanol–water partition coefficient (Wildman–Crippen LogP) is 2.62. The fraction of sp³-hybridized carbons (Fsp3) is 0.353. The zero-order valence-corrected chi connectivity index (χ0v) is 14.1. The van der Waals surface area contributed by atoms with Gasteiger partial charge < -0.3 is 4.74 Å². The number of fused-ring (bicyclic) bond motifs is 1. The number of rotatable bonds is 4. The molecule has 3 heterocycles. The largest absolute Gasteiger partial charge is 0.379 e. The Morgan fingerprint density at radius 2 is 2.29 bits per heavy atom. The predicted molar refractivity (Wildman–Crippen MR) is 92.0 cm³/mol. The third kappa shape index (κ3) is 2.88. The Morgan fingerprint density at radius 3 is 3.08 bits per heavy atom. The molecule has 1 aromatic carbocycles. The lowest BCUT2D eigenvalue weighted by atomic mass is 10.0. The molecule has 4 rings (SSSR count). The molecule has 1 N–H and O–H groups in total. The monoisotopic (exact) mass is 343 g/mol. The van der Waals surface area contributed by atoms with E-state index in [2.05, 4.69) is 25.3 Å². The van der Waals surface area contributed by atoms with Gasteiger partial charge in [-0.3, -0.25) is 9.88 Å². The highest BCUT2D eigenvalue weighted by Gasteiger charge is 2.35. The molecule has 3 aromatic rings. The zero-order valence-electron chi connectivity index (χ0n) is 13.3. The van der Waals surface area contributed by atoms with Crippen molar-refractivity contribution < 1.29 is 4.74 Å². The van der Waals surface area contributed by atoms with Gasteiger partial charge in [0.1, 0.15) is 0 Å². The molecule has 1 fully saturated rings. The fourth-order valence-electron chi connectivity index (χ4n) is 3.48. The van der Waals surface area contributed by atoms with Crippen LogP contribution >= 0.6 is 11.6 Å². The second-order valence-electron chi connectivity index (χ2n) is 6.11. The van der Waals surface area contributed by atoms with E-state index in [0.29, 0.717) is 0 Å². The number of hydrogen-bond acceptors (Lipinski definition) is 5. The third-order valence-corrected chi connectivity index (χ3v) is 4.82. The molecule has 0 amide bonds. The van der Waals surface area contributed by atoms with E-state index in [4.69, 9.17) is 16.3 Å². The van der Waals surface area contributed by atoms with Crippen LogP contribution in [0.25, 0.3) is 10.9 Å². The van der Waals surface area contributed by atoms with Crippen molar-refractivity contribution in [2.45, 2.75) is 18.6 Å². The quantitative estimate of drug-likeness (QED) is 0.788. The van der Waals surface area contributed by atoms with Gasteiger partial charge in [-0.1, -0.05) is 17.7 Å². The van der Waals surface area contributed by atoms with Gasteiger partial charge in [-0.05, 0) is 23.8 Å². The van der Waals surface area contributed by atoms with Crippen LogP contribution in [0, 0.1) is 0 Å². The minimum absolute atomic E-state index is 0.105. The van der Waals surface area contributed by atoms with Gasteiger partial charge in [0.25, 0.3) is 0 Å². The van der Waals surface area contributed by atoms with Gasteiger partial charge in [-0.25, -0.2) is 0 Å². The Bertz CT molecular complexity index is 838. The van der Waals surface area contributed by atoms with Crippen molar-refractivity contribution >= 4 is 22.5 Å². The van der Waals surface area contributed by atoms with Gasteiger partial charge in [0.2, 0.25) is 0 Å². The summed E-state index contributed by atoms with van der Waals surface area (Å²) in [7, 11) is 1.75. The number of aromatic amines is 1. The van der Waals surface area contributed by atoms with E-state index in [-0.39, 0.29) is 12.0 Å². The number of nitrogens with zero attached hydrogens (tertiary/aromatic N) is 4. The van der Waals surface area contributed by atoms with Crippen LogP contribution in [0.4, 0.5) is 0 Å². The summed E-state index contributed by atoms with van der Waals surface area (Å²) in [5.74, 6) is 0.215. The molecule has 124 valence electrons. The lowest BCUT2D eigenvalue weighted by Crippen LogP contribution is -2.22. The maximum atomic E-state index is 6.28. The van der Waals surface area contributed by atoms with Gasteiger partial charge in [0.05, 0.1) is 23.5 Å². The van der Waals surface area contributed by atoms with Crippen LogP contribution < -0.4 is 0 Å². The molecule has 1 aliphatic heterocycles. The molecule has 6 nitrogen and oxygen atoms in total. The topological polar surface area (TPSA) is 66.9 Å². The van der Waals surface area contributed by atoms with Crippen molar-refractivity contribution in [2.75, 3.05) is 20.2 Å². The molecule has 7 heteroatoms. The number of halogens is 1. The van der Waals surface area contributed by atoms with E-state index >= 15 is 0 Å². The highest BCUT2D eigenvalue weighted by Crippen LogP contribution is 2.30. The second kappa shape index (κ2) is 6.47. The van der Waals surface area contributed by atoms with Gasteiger partial charge in [0, 0.05) is 49.3 Å². The van der Waals surface area contributed by atoms with Crippen molar-refractivity contribution in [2.24, 2.45) is 0 Å². The van der Waals surface area contributed by atoms with Crippen molar-refractivity contribution in [3.8, 4) is 0 Å². The summed E-state index contributed by atoms with van der Waals surface area (Å²) in [5, 5.41) is 12.6. The van der Waals surface area contributed by atoms with Crippen LogP contribution in [0.1, 0.15) is 17.2 Å². The van der Waals surface area contributed by atoms with Crippen LogP contribution in [-0.2, 0) is 11.3 Å². The Balaban J connectivity index is 1.60. The van der Waals surface area contributed by atoms with Crippen LogP contribution in [0.3, 0.4) is 0 Å². The lowest BCUT2D eigenvalue weighted by Gasteiger charge is -2.16. The van der Waals surface area contributed by atoms with E-state index < -0.39 is 0 Å². The van der Waals surface area contributed by atoms with Crippen LogP contribution in [0.5, 0.6) is 0 Å². The van der Waals surface area contributed by atoms with Crippen molar-refractivity contribution in [3.63, 3.8) is 0 Å².